The molecule has 1 nitrogen and oxygen atoms in total. The van der Waals surface area contributed by atoms with E-state index in [1.807, 2.05) is 0 Å². The molecule has 0 bridgehead atoms. The number of allylic oxidation sites excluding steroid dienone is 6. The standard InChI is InChI=1S/C31H53N/c1-12-16-18-27(17-13-2)23-32-25-29(8,9)20-21-31(19-14-3,24-28(6,7)15-4)26(5)22-30(32,10)11/h12-13,15-18,20-21,26H,4,14,19,22-25H2,1-3,5-11H3/b16-12-,17-13-,21-20-,27-18+. The van der Waals surface area contributed by atoms with Crippen molar-refractivity contribution in [3.05, 3.63) is 60.8 Å². The van der Waals surface area contributed by atoms with E-state index >= 15 is 0 Å². The molecule has 1 rings (SSSR count). The zero-order valence-electron chi connectivity index (χ0n) is 23.1. The number of rotatable bonds is 9. The average molecular weight is 440 g/mol. The normalized spacial score (nSPS) is 28.4. The van der Waals surface area contributed by atoms with Crippen LogP contribution in [0.5, 0.6) is 0 Å². The van der Waals surface area contributed by atoms with Gasteiger partial charge >= 0.3 is 0 Å². The van der Waals surface area contributed by atoms with E-state index in [1.54, 1.807) is 0 Å². The van der Waals surface area contributed by atoms with Gasteiger partial charge in [0.15, 0.2) is 0 Å². The van der Waals surface area contributed by atoms with E-state index in [-0.39, 0.29) is 21.8 Å². The highest BCUT2D eigenvalue weighted by molar-refractivity contribution is 5.26. The van der Waals surface area contributed by atoms with Crippen molar-refractivity contribution in [2.24, 2.45) is 22.2 Å². The molecule has 2 unspecified atom stereocenters. The molecule has 0 saturated carbocycles. The molecule has 1 aliphatic heterocycles. The van der Waals surface area contributed by atoms with Crippen LogP contribution in [0.4, 0.5) is 0 Å². The van der Waals surface area contributed by atoms with Gasteiger partial charge in [-0.1, -0.05) is 96.6 Å². The zero-order chi connectivity index (χ0) is 24.6. The van der Waals surface area contributed by atoms with Crippen molar-refractivity contribution in [3.63, 3.8) is 0 Å². The molecule has 0 spiro atoms. The minimum absolute atomic E-state index is 0.108. The summed E-state index contributed by atoms with van der Waals surface area (Å²) in [4.78, 5) is 2.73. The van der Waals surface area contributed by atoms with Gasteiger partial charge in [0.2, 0.25) is 0 Å². The molecule has 0 amide bonds. The van der Waals surface area contributed by atoms with Gasteiger partial charge in [-0.2, -0.15) is 0 Å². The Morgan fingerprint density at radius 3 is 2.31 bits per heavy atom. The third-order valence-electron chi connectivity index (χ3n) is 7.42. The molecule has 0 aromatic carbocycles. The molecule has 1 aliphatic rings. The molecule has 0 radical (unpaired) electrons. The maximum atomic E-state index is 4.17. The largest absolute Gasteiger partial charge is 0.293 e. The van der Waals surface area contributed by atoms with Gasteiger partial charge in [0.05, 0.1) is 0 Å². The van der Waals surface area contributed by atoms with E-state index < -0.39 is 0 Å². The lowest BCUT2D eigenvalue weighted by Crippen LogP contribution is -2.50. The Morgan fingerprint density at radius 2 is 1.78 bits per heavy atom. The molecule has 182 valence electrons. The van der Waals surface area contributed by atoms with Crippen LogP contribution in [0, 0.1) is 22.2 Å². The van der Waals surface area contributed by atoms with E-state index in [1.165, 1.54) is 24.8 Å². The lowest BCUT2D eigenvalue weighted by Gasteiger charge is -2.47. The van der Waals surface area contributed by atoms with Crippen molar-refractivity contribution in [3.8, 4) is 0 Å². The van der Waals surface area contributed by atoms with Crippen LogP contribution in [0.2, 0.25) is 0 Å². The first-order chi connectivity index (χ1) is 14.8. The highest BCUT2D eigenvalue weighted by atomic mass is 15.2. The highest BCUT2D eigenvalue weighted by Crippen LogP contribution is 2.50. The quantitative estimate of drug-likeness (QED) is 0.256. The summed E-state index contributed by atoms with van der Waals surface area (Å²) in [5.74, 6) is 0.592. The molecule has 0 N–H and O–H groups in total. The van der Waals surface area contributed by atoms with Crippen LogP contribution in [-0.2, 0) is 0 Å². The SMILES string of the molecule is C=CC(C)(C)CC1(CCC)/C=C\C(C)(C)CN(CC(/C=C\C)=C/C=C\C)C(C)(C)CC1C. The highest BCUT2D eigenvalue weighted by Gasteiger charge is 2.43. The van der Waals surface area contributed by atoms with Crippen LogP contribution >= 0.6 is 0 Å². The second kappa shape index (κ2) is 11.7. The van der Waals surface area contributed by atoms with Gasteiger partial charge in [-0.3, -0.25) is 4.90 Å². The van der Waals surface area contributed by atoms with E-state index in [0.29, 0.717) is 5.92 Å². The Hall–Kier alpha value is -1.34. The minimum atomic E-state index is 0.108. The molecule has 0 saturated heterocycles. The van der Waals surface area contributed by atoms with Crippen LogP contribution in [0.1, 0.15) is 94.9 Å². The topological polar surface area (TPSA) is 3.24 Å². The monoisotopic (exact) mass is 439 g/mol. The van der Waals surface area contributed by atoms with E-state index in [4.69, 9.17) is 0 Å². The van der Waals surface area contributed by atoms with Crippen molar-refractivity contribution in [2.75, 3.05) is 13.1 Å². The van der Waals surface area contributed by atoms with Crippen LogP contribution in [0.25, 0.3) is 0 Å². The number of hydrogen-bond donors (Lipinski definition) is 0. The first-order valence-electron chi connectivity index (χ1n) is 12.8. The van der Waals surface area contributed by atoms with Gasteiger partial charge in [-0.15, -0.1) is 6.58 Å². The van der Waals surface area contributed by atoms with Crippen LogP contribution in [0.3, 0.4) is 0 Å². The Balaban J connectivity index is 3.49. The van der Waals surface area contributed by atoms with Crippen LogP contribution in [0.15, 0.2) is 60.8 Å². The molecule has 1 heterocycles. The molecule has 32 heavy (non-hydrogen) atoms. The average Bonchev–Trinajstić information content (AvgIpc) is 2.71. The molecule has 0 aliphatic carbocycles. The lowest BCUT2D eigenvalue weighted by molar-refractivity contribution is 0.0525. The molecule has 0 aromatic heterocycles. The fraction of sp³-hybridized carbons (Fsp3) is 0.677. The molecular formula is C31H53N. The molecule has 0 aromatic rings. The van der Waals surface area contributed by atoms with Crippen molar-refractivity contribution in [1.82, 2.24) is 4.90 Å². The molecule has 2 atom stereocenters. The Bertz CT molecular complexity index is 713. The van der Waals surface area contributed by atoms with Crippen molar-refractivity contribution in [2.45, 2.75) is 100 Å². The third kappa shape index (κ3) is 8.22. The smallest absolute Gasteiger partial charge is 0.0239 e. The zero-order valence-corrected chi connectivity index (χ0v) is 23.1. The van der Waals surface area contributed by atoms with Gasteiger partial charge < -0.3 is 0 Å². The van der Waals surface area contributed by atoms with E-state index in [2.05, 4.69) is 129 Å². The second-order valence-electron chi connectivity index (χ2n) is 12.2. The third-order valence-corrected chi connectivity index (χ3v) is 7.42. The van der Waals surface area contributed by atoms with Crippen LogP contribution in [-0.4, -0.2) is 23.5 Å². The summed E-state index contributed by atoms with van der Waals surface area (Å²) in [6, 6.07) is 0. The summed E-state index contributed by atoms with van der Waals surface area (Å²) in [5.41, 5.74) is 1.92. The molecular weight excluding hydrogens is 386 g/mol. The Morgan fingerprint density at radius 1 is 1.12 bits per heavy atom. The molecule has 0 fully saturated rings. The first-order valence-corrected chi connectivity index (χ1v) is 12.8. The van der Waals surface area contributed by atoms with Gasteiger partial charge in [-0.25, -0.2) is 0 Å². The second-order valence-corrected chi connectivity index (χ2v) is 12.2. The summed E-state index contributed by atoms with van der Waals surface area (Å²) in [7, 11) is 0. The maximum absolute atomic E-state index is 4.17. The predicted molar refractivity (Wildman–Crippen MR) is 146 cm³/mol. The Labute approximate surface area is 201 Å². The van der Waals surface area contributed by atoms with Gasteiger partial charge in [0.1, 0.15) is 0 Å². The minimum Gasteiger partial charge on any atom is -0.293 e. The van der Waals surface area contributed by atoms with Gasteiger partial charge in [-0.05, 0) is 74.7 Å². The molecule has 1 heteroatoms. The van der Waals surface area contributed by atoms with Gasteiger partial charge in [0, 0.05) is 18.6 Å². The van der Waals surface area contributed by atoms with Crippen molar-refractivity contribution >= 4 is 0 Å². The summed E-state index contributed by atoms with van der Waals surface area (Å²) < 4.78 is 0. The van der Waals surface area contributed by atoms with Gasteiger partial charge in [0.25, 0.3) is 0 Å². The Kier molecular flexibility index (Phi) is 10.5. The fourth-order valence-electron chi connectivity index (χ4n) is 5.52. The van der Waals surface area contributed by atoms with Crippen molar-refractivity contribution < 1.29 is 0 Å². The van der Waals surface area contributed by atoms with E-state index in [0.717, 1.165) is 19.5 Å². The number of nitrogens with zero attached hydrogens (tertiary/aromatic N) is 1. The summed E-state index contributed by atoms with van der Waals surface area (Å²) in [5, 5.41) is 0. The number of hydrogen-bond acceptors (Lipinski definition) is 1. The predicted octanol–water partition coefficient (Wildman–Crippen LogP) is 9.16. The van der Waals surface area contributed by atoms with E-state index in [9.17, 15) is 0 Å². The first kappa shape index (κ1) is 28.7. The van der Waals surface area contributed by atoms with Crippen molar-refractivity contribution in [1.29, 1.82) is 0 Å². The summed E-state index contributed by atoms with van der Waals surface area (Å²) in [6.45, 7) is 29.7. The maximum Gasteiger partial charge on any atom is 0.0239 e. The lowest BCUT2D eigenvalue weighted by atomic mass is 9.61. The summed E-state index contributed by atoms with van der Waals surface area (Å²) >= 11 is 0. The van der Waals surface area contributed by atoms with Crippen LogP contribution < -0.4 is 0 Å². The fourth-order valence-corrected chi connectivity index (χ4v) is 5.52. The summed E-state index contributed by atoms with van der Waals surface area (Å²) in [6.07, 6.45) is 23.1.